The minimum Gasteiger partial charge on any atom is -0.484 e. The molecule has 2 heterocycles. The van der Waals surface area contributed by atoms with Crippen LogP contribution in [-0.4, -0.2) is 53.3 Å². The fourth-order valence-electron chi connectivity index (χ4n) is 3.25. The molecular weight excluding hydrogens is 308 g/mol. The number of piperidine rings is 1. The van der Waals surface area contributed by atoms with Gasteiger partial charge in [-0.2, -0.15) is 0 Å². The van der Waals surface area contributed by atoms with Crippen LogP contribution in [0, 0.1) is 6.92 Å². The van der Waals surface area contributed by atoms with Crippen LogP contribution in [0.2, 0.25) is 0 Å². The minimum absolute atomic E-state index is 0.00923. The molecule has 2 aliphatic heterocycles. The highest BCUT2D eigenvalue weighted by Gasteiger charge is 2.37. The van der Waals surface area contributed by atoms with Crippen molar-refractivity contribution in [1.82, 2.24) is 9.80 Å². The summed E-state index contributed by atoms with van der Waals surface area (Å²) < 4.78 is 5.53. The molecule has 0 saturated carbocycles. The second-order valence-electron chi connectivity index (χ2n) is 6.37. The standard InChI is InChI=1S/C18H22N2O4/c1-13-2-4-15(5-3-13)24-12-18(23)19-10-8-14(9-11-19)20-16(21)6-7-17(20)22/h2-5,14H,6-12H2,1H3. The molecule has 0 aliphatic carbocycles. The van der Waals surface area contributed by atoms with Gasteiger partial charge in [-0.15, -0.1) is 0 Å². The molecule has 3 amide bonds. The lowest BCUT2D eigenvalue weighted by Crippen LogP contribution is -2.49. The van der Waals surface area contributed by atoms with Gasteiger partial charge < -0.3 is 9.64 Å². The molecule has 6 heteroatoms. The van der Waals surface area contributed by atoms with Gasteiger partial charge in [0.1, 0.15) is 5.75 Å². The lowest BCUT2D eigenvalue weighted by atomic mass is 10.0. The van der Waals surface area contributed by atoms with Gasteiger partial charge in [0, 0.05) is 32.0 Å². The quantitative estimate of drug-likeness (QED) is 0.785. The Balaban J connectivity index is 1.47. The Hall–Kier alpha value is -2.37. The first-order valence-corrected chi connectivity index (χ1v) is 8.37. The average molecular weight is 330 g/mol. The summed E-state index contributed by atoms with van der Waals surface area (Å²) in [6, 6.07) is 7.51. The lowest BCUT2D eigenvalue weighted by molar-refractivity contribution is -0.143. The van der Waals surface area contributed by atoms with Crippen LogP contribution in [0.15, 0.2) is 24.3 Å². The van der Waals surface area contributed by atoms with Gasteiger partial charge in [-0.1, -0.05) is 17.7 Å². The van der Waals surface area contributed by atoms with Crippen molar-refractivity contribution in [1.29, 1.82) is 0 Å². The van der Waals surface area contributed by atoms with Crippen LogP contribution < -0.4 is 4.74 Å². The van der Waals surface area contributed by atoms with Gasteiger partial charge in [0.25, 0.3) is 5.91 Å². The van der Waals surface area contributed by atoms with E-state index in [0.29, 0.717) is 44.5 Å². The van der Waals surface area contributed by atoms with Crippen molar-refractivity contribution < 1.29 is 19.1 Å². The molecule has 0 N–H and O–H groups in total. The van der Waals surface area contributed by atoms with Gasteiger partial charge in [-0.25, -0.2) is 0 Å². The van der Waals surface area contributed by atoms with E-state index in [1.54, 1.807) is 4.90 Å². The van der Waals surface area contributed by atoms with E-state index in [9.17, 15) is 14.4 Å². The Morgan fingerprint density at radius 1 is 1.08 bits per heavy atom. The Bertz CT molecular complexity index is 617. The highest BCUT2D eigenvalue weighted by atomic mass is 16.5. The number of carbonyl (C=O) groups is 3. The van der Waals surface area contributed by atoms with Crippen molar-refractivity contribution >= 4 is 17.7 Å². The zero-order valence-corrected chi connectivity index (χ0v) is 13.9. The molecule has 2 saturated heterocycles. The van der Waals surface area contributed by atoms with E-state index in [2.05, 4.69) is 0 Å². The topological polar surface area (TPSA) is 66.9 Å². The predicted octanol–water partition coefficient (Wildman–Crippen LogP) is 1.51. The summed E-state index contributed by atoms with van der Waals surface area (Å²) in [5.41, 5.74) is 1.14. The van der Waals surface area contributed by atoms with Crippen molar-refractivity contribution in [3.8, 4) is 5.75 Å². The van der Waals surface area contributed by atoms with E-state index in [-0.39, 0.29) is 30.4 Å². The summed E-state index contributed by atoms with van der Waals surface area (Å²) in [5, 5.41) is 0. The Kier molecular flexibility index (Phi) is 4.83. The zero-order valence-electron chi connectivity index (χ0n) is 13.9. The molecule has 0 radical (unpaired) electrons. The van der Waals surface area contributed by atoms with Crippen LogP contribution in [0.25, 0.3) is 0 Å². The minimum atomic E-state index is -0.0764. The molecule has 1 aromatic carbocycles. The molecule has 6 nitrogen and oxygen atoms in total. The summed E-state index contributed by atoms with van der Waals surface area (Å²) in [6.07, 6.45) is 1.94. The fraction of sp³-hybridized carbons (Fsp3) is 0.500. The van der Waals surface area contributed by atoms with E-state index in [1.807, 2.05) is 31.2 Å². The molecule has 128 valence electrons. The predicted molar refractivity (Wildman–Crippen MR) is 87.4 cm³/mol. The SMILES string of the molecule is Cc1ccc(OCC(=O)N2CCC(N3C(=O)CCC3=O)CC2)cc1. The van der Waals surface area contributed by atoms with E-state index in [0.717, 1.165) is 5.56 Å². The summed E-state index contributed by atoms with van der Waals surface area (Å²) in [6.45, 7) is 3.11. The number of carbonyl (C=O) groups excluding carboxylic acids is 3. The normalized spacial score (nSPS) is 19.0. The molecule has 0 unspecified atom stereocenters. The molecule has 2 aliphatic rings. The van der Waals surface area contributed by atoms with Crippen LogP contribution in [0.5, 0.6) is 5.75 Å². The summed E-state index contributed by atoms with van der Waals surface area (Å²) in [4.78, 5) is 39.0. The Morgan fingerprint density at radius 3 is 2.25 bits per heavy atom. The monoisotopic (exact) mass is 330 g/mol. The van der Waals surface area contributed by atoms with Crippen molar-refractivity contribution in [2.24, 2.45) is 0 Å². The highest BCUT2D eigenvalue weighted by molar-refractivity contribution is 6.02. The van der Waals surface area contributed by atoms with Crippen molar-refractivity contribution in [2.45, 2.75) is 38.6 Å². The van der Waals surface area contributed by atoms with E-state index in [1.165, 1.54) is 4.90 Å². The fourth-order valence-corrected chi connectivity index (χ4v) is 3.25. The smallest absolute Gasteiger partial charge is 0.260 e. The van der Waals surface area contributed by atoms with Crippen molar-refractivity contribution in [2.75, 3.05) is 19.7 Å². The molecule has 0 aromatic heterocycles. The molecule has 0 atom stereocenters. The third-order valence-electron chi connectivity index (χ3n) is 4.66. The van der Waals surface area contributed by atoms with Gasteiger partial charge in [0.15, 0.2) is 6.61 Å². The van der Waals surface area contributed by atoms with E-state index >= 15 is 0 Å². The molecule has 0 bridgehead atoms. The van der Waals surface area contributed by atoms with Crippen LogP contribution >= 0.6 is 0 Å². The molecule has 3 rings (SSSR count). The lowest BCUT2D eigenvalue weighted by Gasteiger charge is -2.35. The first kappa shape index (κ1) is 16.5. The summed E-state index contributed by atoms with van der Waals surface area (Å²) in [5.74, 6) is 0.463. The first-order chi connectivity index (χ1) is 11.5. The number of ether oxygens (including phenoxy) is 1. The summed E-state index contributed by atoms with van der Waals surface area (Å²) in [7, 11) is 0. The van der Waals surface area contributed by atoms with Crippen molar-refractivity contribution in [3.63, 3.8) is 0 Å². The maximum absolute atomic E-state index is 12.2. The van der Waals surface area contributed by atoms with Crippen LogP contribution in [0.4, 0.5) is 0 Å². The molecule has 0 spiro atoms. The molecule has 1 aromatic rings. The highest BCUT2D eigenvalue weighted by Crippen LogP contribution is 2.23. The van der Waals surface area contributed by atoms with E-state index in [4.69, 9.17) is 4.74 Å². The second kappa shape index (κ2) is 7.03. The second-order valence-corrected chi connectivity index (χ2v) is 6.37. The van der Waals surface area contributed by atoms with Gasteiger partial charge >= 0.3 is 0 Å². The number of nitrogens with zero attached hydrogens (tertiary/aromatic N) is 2. The van der Waals surface area contributed by atoms with Crippen molar-refractivity contribution in [3.05, 3.63) is 29.8 Å². The molecule has 2 fully saturated rings. The molecular formula is C18H22N2O4. The van der Waals surface area contributed by atoms with Gasteiger partial charge in [0.2, 0.25) is 11.8 Å². The number of amides is 3. The van der Waals surface area contributed by atoms with Gasteiger partial charge in [-0.05, 0) is 31.9 Å². The molecule has 24 heavy (non-hydrogen) atoms. The van der Waals surface area contributed by atoms with Crippen LogP contribution in [0.3, 0.4) is 0 Å². The number of hydrogen-bond acceptors (Lipinski definition) is 4. The number of imide groups is 1. The summed E-state index contributed by atoms with van der Waals surface area (Å²) >= 11 is 0. The van der Waals surface area contributed by atoms with Crippen LogP contribution in [-0.2, 0) is 14.4 Å². The number of aryl methyl sites for hydroxylation is 1. The Labute approximate surface area is 141 Å². The maximum Gasteiger partial charge on any atom is 0.260 e. The van der Waals surface area contributed by atoms with Gasteiger partial charge in [0.05, 0.1) is 0 Å². The van der Waals surface area contributed by atoms with Crippen LogP contribution in [0.1, 0.15) is 31.2 Å². The maximum atomic E-state index is 12.2. The third kappa shape index (κ3) is 3.58. The van der Waals surface area contributed by atoms with Gasteiger partial charge in [-0.3, -0.25) is 19.3 Å². The number of rotatable bonds is 4. The largest absolute Gasteiger partial charge is 0.484 e. The average Bonchev–Trinajstić information content (AvgIpc) is 2.93. The first-order valence-electron chi connectivity index (χ1n) is 8.37. The number of benzene rings is 1. The van der Waals surface area contributed by atoms with E-state index < -0.39 is 0 Å². The zero-order chi connectivity index (χ0) is 17.1. The number of hydrogen-bond donors (Lipinski definition) is 0. The Morgan fingerprint density at radius 2 is 1.67 bits per heavy atom. The third-order valence-corrected chi connectivity index (χ3v) is 4.66. The number of likely N-dealkylation sites (tertiary alicyclic amines) is 2.